The molecule has 2 fully saturated rings. The van der Waals surface area contributed by atoms with Crippen LogP contribution in [-0.4, -0.2) is 36.6 Å². The Bertz CT molecular complexity index is 902. The molecule has 0 heterocycles. The molecule has 1 aromatic carbocycles. The SMILES string of the molecule is CC(C)(C)S(=O)(=O)CC1CCC(C(=O)Cc2cccc(C(=O)NC3CCCCC3)c2)CC1. The van der Waals surface area contributed by atoms with Crippen LogP contribution in [0, 0.1) is 11.8 Å². The Hall–Kier alpha value is -1.69. The molecule has 32 heavy (non-hydrogen) atoms. The van der Waals surface area contributed by atoms with E-state index in [4.69, 9.17) is 0 Å². The van der Waals surface area contributed by atoms with Gasteiger partial charge in [-0.15, -0.1) is 0 Å². The molecule has 2 aliphatic rings. The van der Waals surface area contributed by atoms with E-state index < -0.39 is 14.6 Å². The van der Waals surface area contributed by atoms with Gasteiger partial charge >= 0.3 is 0 Å². The van der Waals surface area contributed by atoms with Crippen LogP contribution in [0.2, 0.25) is 0 Å². The van der Waals surface area contributed by atoms with Crippen molar-refractivity contribution in [3.8, 4) is 0 Å². The third kappa shape index (κ3) is 6.66. The van der Waals surface area contributed by atoms with Crippen molar-refractivity contribution in [3.05, 3.63) is 35.4 Å². The molecule has 3 rings (SSSR count). The van der Waals surface area contributed by atoms with Gasteiger partial charge in [0.05, 0.1) is 10.5 Å². The van der Waals surface area contributed by atoms with Crippen molar-refractivity contribution >= 4 is 21.5 Å². The summed E-state index contributed by atoms with van der Waals surface area (Å²) in [5.41, 5.74) is 1.50. The second-order valence-corrected chi connectivity index (χ2v) is 13.6. The fourth-order valence-electron chi connectivity index (χ4n) is 4.90. The minimum Gasteiger partial charge on any atom is -0.349 e. The number of nitrogens with one attached hydrogen (secondary N) is 1. The molecule has 0 atom stereocenters. The molecule has 0 saturated heterocycles. The fourth-order valence-corrected chi connectivity index (χ4v) is 6.35. The number of rotatable bonds is 7. The highest BCUT2D eigenvalue weighted by Gasteiger charge is 2.34. The molecule has 2 saturated carbocycles. The number of Topliss-reactive ketones (excluding diaryl/α,β-unsaturated/α-hetero) is 1. The van der Waals surface area contributed by atoms with Gasteiger partial charge in [-0.05, 0) is 82.9 Å². The fraction of sp³-hybridized carbons (Fsp3) is 0.692. The molecular weight excluding hydrogens is 422 g/mol. The molecule has 2 aliphatic carbocycles. The first kappa shape index (κ1) is 24.9. The molecule has 0 spiro atoms. The Morgan fingerprint density at radius 1 is 0.969 bits per heavy atom. The molecule has 0 aliphatic heterocycles. The maximum absolute atomic E-state index is 12.9. The highest BCUT2D eigenvalue weighted by atomic mass is 32.2. The van der Waals surface area contributed by atoms with E-state index in [9.17, 15) is 18.0 Å². The number of amides is 1. The quantitative estimate of drug-likeness (QED) is 0.627. The molecule has 0 unspecified atom stereocenters. The van der Waals surface area contributed by atoms with Crippen molar-refractivity contribution in [2.24, 2.45) is 11.8 Å². The number of carbonyl (C=O) groups is 2. The number of ketones is 1. The molecule has 1 aromatic rings. The Balaban J connectivity index is 1.51. The predicted molar refractivity (Wildman–Crippen MR) is 128 cm³/mol. The summed E-state index contributed by atoms with van der Waals surface area (Å²) in [4.78, 5) is 25.5. The molecule has 6 heteroatoms. The lowest BCUT2D eigenvalue weighted by Crippen LogP contribution is -2.36. The molecular formula is C26H39NO4S. The Morgan fingerprint density at radius 3 is 2.25 bits per heavy atom. The van der Waals surface area contributed by atoms with E-state index in [1.807, 2.05) is 24.3 Å². The van der Waals surface area contributed by atoms with Crippen LogP contribution in [0.15, 0.2) is 24.3 Å². The average molecular weight is 462 g/mol. The van der Waals surface area contributed by atoms with Gasteiger partial charge in [-0.1, -0.05) is 31.4 Å². The van der Waals surface area contributed by atoms with Crippen LogP contribution >= 0.6 is 0 Å². The molecule has 1 N–H and O–H groups in total. The van der Waals surface area contributed by atoms with E-state index in [-0.39, 0.29) is 35.3 Å². The Labute approximate surface area is 193 Å². The topological polar surface area (TPSA) is 80.3 Å². The average Bonchev–Trinajstić information content (AvgIpc) is 2.74. The van der Waals surface area contributed by atoms with E-state index in [0.29, 0.717) is 12.0 Å². The Morgan fingerprint density at radius 2 is 1.62 bits per heavy atom. The maximum atomic E-state index is 12.9. The van der Waals surface area contributed by atoms with Crippen molar-refractivity contribution in [1.29, 1.82) is 0 Å². The van der Waals surface area contributed by atoms with Crippen LogP contribution in [0.1, 0.15) is 94.5 Å². The number of sulfone groups is 1. The largest absolute Gasteiger partial charge is 0.349 e. The van der Waals surface area contributed by atoms with Gasteiger partial charge < -0.3 is 5.32 Å². The highest BCUT2D eigenvalue weighted by Crippen LogP contribution is 2.33. The van der Waals surface area contributed by atoms with Gasteiger partial charge in [0.2, 0.25) is 0 Å². The van der Waals surface area contributed by atoms with Gasteiger partial charge in [0, 0.05) is 23.9 Å². The van der Waals surface area contributed by atoms with Gasteiger partial charge in [-0.2, -0.15) is 0 Å². The van der Waals surface area contributed by atoms with Crippen LogP contribution in [-0.2, 0) is 21.1 Å². The van der Waals surface area contributed by atoms with Gasteiger partial charge in [-0.3, -0.25) is 9.59 Å². The van der Waals surface area contributed by atoms with Crippen molar-refractivity contribution in [2.45, 2.75) is 95.8 Å². The van der Waals surface area contributed by atoms with Crippen LogP contribution < -0.4 is 5.32 Å². The summed E-state index contributed by atoms with van der Waals surface area (Å²) in [7, 11) is -3.13. The first-order chi connectivity index (χ1) is 15.0. The number of benzene rings is 1. The molecule has 5 nitrogen and oxygen atoms in total. The van der Waals surface area contributed by atoms with Crippen LogP contribution in [0.3, 0.4) is 0 Å². The first-order valence-corrected chi connectivity index (χ1v) is 13.9. The van der Waals surface area contributed by atoms with Crippen LogP contribution in [0.25, 0.3) is 0 Å². The lowest BCUT2D eigenvalue weighted by molar-refractivity contribution is -0.123. The molecule has 1 amide bonds. The van der Waals surface area contributed by atoms with E-state index in [2.05, 4.69) is 5.32 Å². The summed E-state index contributed by atoms with van der Waals surface area (Å²) in [5.74, 6) is 0.507. The summed E-state index contributed by atoms with van der Waals surface area (Å²) in [6.45, 7) is 5.25. The lowest BCUT2D eigenvalue weighted by atomic mass is 9.79. The van der Waals surface area contributed by atoms with Crippen molar-refractivity contribution in [2.75, 3.05) is 5.75 Å². The summed E-state index contributed by atoms with van der Waals surface area (Å²) in [6.07, 6.45) is 9.10. The maximum Gasteiger partial charge on any atom is 0.251 e. The predicted octanol–water partition coefficient (Wildman–Crippen LogP) is 4.88. The van der Waals surface area contributed by atoms with Crippen molar-refractivity contribution in [1.82, 2.24) is 5.32 Å². The third-order valence-electron chi connectivity index (χ3n) is 7.20. The number of hydrogen-bond donors (Lipinski definition) is 1. The second kappa shape index (κ2) is 10.5. The van der Waals surface area contributed by atoms with Gasteiger partial charge in [0.25, 0.3) is 5.91 Å². The van der Waals surface area contributed by atoms with Gasteiger partial charge in [-0.25, -0.2) is 8.42 Å². The lowest BCUT2D eigenvalue weighted by Gasteiger charge is -2.30. The monoisotopic (exact) mass is 461 g/mol. The Kier molecular flexibility index (Phi) is 8.18. The molecule has 0 aromatic heterocycles. The standard InChI is InChI=1S/C26H39NO4S/c1-26(2,3)32(30,31)18-19-12-14-21(15-13-19)24(28)17-20-8-7-9-22(16-20)25(29)27-23-10-5-4-6-11-23/h7-9,16,19,21,23H,4-6,10-15,17-18H2,1-3H3,(H,27,29). The molecule has 0 bridgehead atoms. The van der Waals surface area contributed by atoms with Crippen molar-refractivity contribution < 1.29 is 18.0 Å². The van der Waals surface area contributed by atoms with E-state index in [1.54, 1.807) is 20.8 Å². The van der Waals surface area contributed by atoms with Gasteiger partial charge in [0.15, 0.2) is 9.84 Å². The molecule has 0 radical (unpaired) electrons. The summed E-state index contributed by atoms with van der Waals surface area (Å²) >= 11 is 0. The smallest absolute Gasteiger partial charge is 0.251 e. The zero-order valence-corrected chi connectivity index (χ0v) is 20.7. The zero-order chi connectivity index (χ0) is 23.4. The second-order valence-electron chi connectivity index (χ2n) is 10.8. The van der Waals surface area contributed by atoms with E-state index in [0.717, 1.165) is 44.1 Å². The van der Waals surface area contributed by atoms with Crippen LogP contribution in [0.4, 0.5) is 0 Å². The summed E-state index contributed by atoms with van der Waals surface area (Å²) in [6, 6.07) is 7.69. The van der Waals surface area contributed by atoms with Crippen molar-refractivity contribution in [3.63, 3.8) is 0 Å². The number of hydrogen-bond acceptors (Lipinski definition) is 4. The van der Waals surface area contributed by atoms with Gasteiger partial charge in [0.1, 0.15) is 5.78 Å². The first-order valence-electron chi connectivity index (χ1n) is 12.2. The summed E-state index contributed by atoms with van der Waals surface area (Å²) in [5, 5.41) is 3.14. The third-order valence-corrected chi connectivity index (χ3v) is 9.97. The number of carbonyl (C=O) groups excluding carboxylic acids is 2. The minimum absolute atomic E-state index is 0.0108. The zero-order valence-electron chi connectivity index (χ0n) is 19.9. The molecule has 178 valence electrons. The minimum atomic E-state index is -3.13. The highest BCUT2D eigenvalue weighted by molar-refractivity contribution is 7.92. The van der Waals surface area contributed by atoms with E-state index >= 15 is 0 Å². The summed E-state index contributed by atoms with van der Waals surface area (Å²) < 4.78 is 24.3. The normalized spacial score (nSPS) is 23.0. The van der Waals surface area contributed by atoms with E-state index in [1.165, 1.54) is 19.3 Å². The van der Waals surface area contributed by atoms with Crippen LogP contribution in [0.5, 0.6) is 0 Å².